The van der Waals surface area contributed by atoms with E-state index in [0.717, 1.165) is 11.3 Å². The molecule has 0 aliphatic carbocycles. The van der Waals surface area contributed by atoms with Gasteiger partial charge in [-0.05, 0) is 41.7 Å². The summed E-state index contributed by atoms with van der Waals surface area (Å²) in [5.74, 6) is 0.567. The molecule has 28 heavy (non-hydrogen) atoms. The van der Waals surface area contributed by atoms with Crippen molar-refractivity contribution in [1.82, 2.24) is 15.1 Å². The lowest BCUT2D eigenvalue weighted by Crippen LogP contribution is -2.27. The fraction of sp³-hybridized carbons (Fsp3) is 0.304. The van der Waals surface area contributed by atoms with Crippen LogP contribution >= 0.6 is 0 Å². The SMILES string of the molecule is CC(NC(=O)c1ccn(COc2ccc(C(C)(C)C)cc2)n1)c1ccccc1. The van der Waals surface area contributed by atoms with E-state index in [1.54, 1.807) is 16.9 Å². The fourth-order valence-corrected chi connectivity index (χ4v) is 2.84. The van der Waals surface area contributed by atoms with Crippen LogP contribution in [-0.2, 0) is 12.1 Å². The second-order valence-electron chi connectivity index (χ2n) is 7.89. The van der Waals surface area contributed by atoms with Gasteiger partial charge in [0, 0.05) is 6.20 Å². The maximum Gasteiger partial charge on any atom is 0.272 e. The van der Waals surface area contributed by atoms with E-state index < -0.39 is 0 Å². The monoisotopic (exact) mass is 377 g/mol. The van der Waals surface area contributed by atoms with E-state index in [2.05, 4.69) is 43.3 Å². The quantitative estimate of drug-likeness (QED) is 0.677. The standard InChI is InChI=1S/C23H27N3O2/c1-17(18-8-6-5-7-9-18)24-22(27)21-14-15-26(25-21)16-28-20-12-10-19(11-13-20)23(2,3)4/h5-15,17H,16H2,1-4H3,(H,24,27). The molecular weight excluding hydrogens is 350 g/mol. The smallest absolute Gasteiger partial charge is 0.272 e. The highest BCUT2D eigenvalue weighted by molar-refractivity contribution is 5.92. The molecule has 1 aromatic heterocycles. The number of aromatic nitrogens is 2. The van der Waals surface area contributed by atoms with Crippen LogP contribution in [0.3, 0.4) is 0 Å². The van der Waals surface area contributed by atoms with Gasteiger partial charge in [-0.15, -0.1) is 0 Å². The number of ether oxygens (including phenoxy) is 1. The van der Waals surface area contributed by atoms with Crippen LogP contribution in [0.4, 0.5) is 0 Å². The lowest BCUT2D eigenvalue weighted by atomic mass is 9.87. The van der Waals surface area contributed by atoms with E-state index in [-0.39, 0.29) is 24.1 Å². The molecule has 146 valence electrons. The third-order valence-corrected chi connectivity index (χ3v) is 4.60. The number of carbonyl (C=O) groups is 1. The molecule has 1 N–H and O–H groups in total. The fourth-order valence-electron chi connectivity index (χ4n) is 2.84. The van der Waals surface area contributed by atoms with Gasteiger partial charge in [0.15, 0.2) is 6.73 Å². The van der Waals surface area contributed by atoms with Crippen molar-refractivity contribution in [2.75, 3.05) is 0 Å². The summed E-state index contributed by atoms with van der Waals surface area (Å²) in [6.07, 6.45) is 1.74. The summed E-state index contributed by atoms with van der Waals surface area (Å²) in [5, 5.41) is 7.27. The van der Waals surface area contributed by atoms with Crippen LogP contribution in [-0.4, -0.2) is 15.7 Å². The Kier molecular flexibility index (Phi) is 5.83. The van der Waals surface area contributed by atoms with Crippen LogP contribution in [0.25, 0.3) is 0 Å². The summed E-state index contributed by atoms with van der Waals surface area (Å²) < 4.78 is 7.38. The van der Waals surface area contributed by atoms with E-state index in [1.165, 1.54) is 5.56 Å². The van der Waals surface area contributed by atoms with Gasteiger partial charge in [-0.3, -0.25) is 4.79 Å². The van der Waals surface area contributed by atoms with Crippen molar-refractivity contribution >= 4 is 5.91 Å². The molecule has 0 fully saturated rings. The van der Waals surface area contributed by atoms with Crippen LogP contribution < -0.4 is 10.1 Å². The van der Waals surface area contributed by atoms with Gasteiger partial charge in [0.1, 0.15) is 11.4 Å². The molecule has 0 aliphatic heterocycles. The number of nitrogens with zero attached hydrogens (tertiary/aromatic N) is 2. The van der Waals surface area contributed by atoms with Crippen molar-refractivity contribution in [1.29, 1.82) is 0 Å². The average Bonchev–Trinajstić information content (AvgIpc) is 3.16. The third kappa shape index (κ3) is 5.00. The van der Waals surface area contributed by atoms with Gasteiger partial charge in [-0.2, -0.15) is 5.10 Å². The van der Waals surface area contributed by atoms with Crippen molar-refractivity contribution in [3.8, 4) is 5.75 Å². The van der Waals surface area contributed by atoms with Gasteiger partial charge in [-0.25, -0.2) is 4.68 Å². The molecule has 1 unspecified atom stereocenters. The minimum atomic E-state index is -0.204. The van der Waals surface area contributed by atoms with Crippen molar-refractivity contribution in [3.05, 3.63) is 83.7 Å². The maximum absolute atomic E-state index is 12.4. The van der Waals surface area contributed by atoms with Crippen molar-refractivity contribution < 1.29 is 9.53 Å². The first-order valence-electron chi connectivity index (χ1n) is 9.45. The normalized spacial score (nSPS) is 12.4. The molecule has 3 aromatic rings. The number of amides is 1. The minimum Gasteiger partial charge on any atom is -0.471 e. The molecule has 0 aliphatic rings. The second kappa shape index (κ2) is 8.30. The Morgan fingerprint density at radius 1 is 1.07 bits per heavy atom. The predicted octanol–water partition coefficient (Wildman–Crippen LogP) is 4.71. The first-order valence-corrected chi connectivity index (χ1v) is 9.45. The molecule has 5 nitrogen and oxygen atoms in total. The molecule has 0 saturated heterocycles. The average molecular weight is 377 g/mol. The Morgan fingerprint density at radius 3 is 2.39 bits per heavy atom. The summed E-state index contributed by atoms with van der Waals surface area (Å²) in [6, 6.07) is 19.5. The highest BCUT2D eigenvalue weighted by atomic mass is 16.5. The van der Waals surface area contributed by atoms with E-state index in [9.17, 15) is 4.79 Å². The summed E-state index contributed by atoms with van der Waals surface area (Å²) in [6.45, 7) is 8.73. The first kappa shape index (κ1) is 19.7. The van der Waals surface area contributed by atoms with Gasteiger partial charge in [-0.1, -0.05) is 63.2 Å². The first-order chi connectivity index (χ1) is 13.3. The number of nitrogens with one attached hydrogen (secondary N) is 1. The summed E-state index contributed by atoms with van der Waals surface area (Å²) >= 11 is 0. The summed E-state index contributed by atoms with van der Waals surface area (Å²) in [5.41, 5.74) is 2.79. The van der Waals surface area contributed by atoms with E-state index in [0.29, 0.717) is 5.69 Å². The van der Waals surface area contributed by atoms with Gasteiger partial charge in [0.2, 0.25) is 0 Å². The molecule has 3 rings (SSSR count). The highest BCUT2D eigenvalue weighted by Gasteiger charge is 2.15. The second-order valence-corrected chi connectivity index (χ2v) is 7.89. The van der Waals surface area contributed by atoms with Gasteiger partial charge < -0.3 is 10.1 Å². The molecule has 0 spiro atoms. The Morgan fingerprint density at radius 2 is 1.75 bits per heavy atom. The molecule has 0 bridgehead atoms. The lowest BCUT2D eigenvalue weighted by Gasteiger charge is -2.19. The largest absolute Gasteiger partial charge is 0.471 e. The molecule has 1 heterocycles. The predicted molar refractivity (Wildman–Crippen MR) is 110 cm³/mol. The number of benzene rings is 2. The van der Waals surface area contributed by atoms with Gasteiger partial charge >= 0.3 is 0 Å². The molecular formula is C23H27N3O2. The Labute approximate surface area is 166 Å². The highest BCUT2D eigenvalue weighted by Crippen LogP contribution is 2.24. The van der Waals surface area contributed by atoms with Crippen LogP contribution in [0.15, 0.2) is 66.9 Å². The summed E-state index contributed by atoms with van der Waals surface area (Å²) in [4.78, 5) is 12.4. The van der Waals surface area contributed by atoms with Crippen LogP contribution in [0.1, 0.15) is 55.4 Å². The zero-order valence-corrected chi connectivity index (χ0v) is 16.8. The van der Waals surface area contributed by atoms with Gasteiger partial charge in [0.05, 0.1) is 6.04 Å². The number of rotatable bonds is 6. The summed E-state index contributed by atoms with van der Waals surface area (Å²) in [7, 11) is 0. The van der Waals surface area contributed by atoms with E-state index in [4.69, 9.17) is 4.74 Å². The number of hydrogen-bond acceptors (Lipinski definition) is 3. The van der Waals surface area contributed by atoms with Crippen LogP contribution in [0, 0.1) is 0 Å². The van der Waals surface area contributed by atoms with Crippen molar-refractivity contribution in [3.63, 3.8) is 0 Å². The van der Waals surface area contributed by atoms with Crippen LogP contribution in [0.2, 0.25) is 0 Å². The third-order valence-electron chi connectivity index (χ3n) is 4.60. The molecule has 5 heteroatoms. The van der Waals surface area contributed by atoms with E-state index >= 15 is 0 Å². The maximum atomic E-state index is 12.4. The molecule has 0 saturated carbocycles. The Bertz CT molecular complexity index is 909. The zero-order valence-electron chi connectivity index (χ0n) is 16.8. The van der Waals surface area contributed by atoms with Gasteiger partial charge in [0.25, 0.3) is 5.91 Å². The zero-order chi connectivity index (χ0) is 20.1. The Balaban J connectivity index is 1.56. The Hall–Kier alpha value is -3.08. The topological polar surface area (TPSA) is 56.2 Å². The lowest BCUT2D eigenvalue weighted by molar-refractivity contribution is 0.0932. The van der Waals surface area contributed by atoms with E-state index in [1.807, 2.05) is 49.4 Å². The molecule has 1 atom stereocenters. The van der Waals surface area contributed by atoms with Crippen LogP contribution in [0.5, 0.6) is 5.75 Å². The van der Waals surface area contributed by atoms with Crippen molar-refractivity contribution in [2.45, 2.75) is 45.9 Å². The van der Waals surface area contributed by atoms with Crippen molar-refractivity contribution in [2.24, 2.45) is 0 Å². The molecule has 0 radical (unpaired) electrons. The molecule has 2 aromatic carbocycles. The number of hydrogen-bond donors (Lipinski definition) is 1. The minimum absolute atomic E-state index is 0.0866. The molecule has 1 amide bonds. The number of carbonyl (C=O) groups excluding carboxylic acids is 1.